The second-order valence-electron chi connectivity index (χ2n) is 14.9. The molecule has 0 N–H and O–H groups in total. The first-order valence-corrected chi connectivity index (χ1v) is 20.3. The minimum absolute atomic E-state index is 1.16. The van der Waals surface area contributed by atoms with Gasteiger partial charge < -0.3 is 9.13 Å². The maximum Gasteiger partial charge on any atom is 0.0541 e. The van der Waals surface area contributed by atoms with Crippen LogP contribution in [0, 0.1) is 0 Å². The highest BCUT2D eigenvalue weighted by molar-refractivity contribution is 7.26. The van der Waals surface area contributed by atoms with E-state index in [2.05, 4.69) is 215 Å². The molecule has 0 aliphatic heterocycles. The topological polar surface area (TPSA) is 9.86 Å². The van der Waals surface area contributed by atoms with Gasteiger partial charge in [-0.05, 0) is 100 Å². The number of para-hydroxylation sites is 2. The Labute approximate surface area is 333 Å². The first-order chi connectivity index (χ1) is 28.3. The summed E-state index contributed by atoms with van der Waals surface area (Å²) < 4.78 is 7.49. The van der Waals surface area contributed by atoms with Crippen LogP contribution < -0.4 is 0 Å². The minimum Gasteiger partial charge on any atom is -0.309 e. The van der Waals surface area contributed by atoms with Gasteiger partial charge in [0.2, 0.25) is 0 Å². The zero-order chi connectivity index (χ0) is 37.5. The maximum atomic E-state index is 2.41. The van der Waals surface area contributed by atoms with Crippen molar-refractivity contribution in [1.29, 1.82) is 0 Å². The molecule has 0 saturated carbocycles. The number of aromatic nitrogens is 2. The summed E-state index contributed by atoms with van der Waals surface area (Å²) in [6.07, 6.45) is 0. The summed E-state index contributed by atoms with van der Waals surface area (Å²) in [6.45, 7) is 0. The Balaban J connectivity index is 0.947. The standard InChI is InChI=1S/C54H34N2S/c1-2-11-35(12-3-1)36-21-27-40(28-22-36)55-49-18-7-4-13-43(49)47-33-38(25-31-51(47)55)39-26-32-52-48(34-39)44-14-5-8-19-50(44)56(52)41-29-23-37(24-30-41)42-16-10-17-46-45-15-6-9-20-53(45)57-54(42)46/h1-34H. The fourth-order valence-corrected chi connectivity index (χ4v) is 10.3. The summed E-state index contributed by atoms with van der Waals surface area (Å²) in [6, 6.07) is 75.6. The molecule has 0 unspecified atom stereocenters. The highest BCUT2D eigenvalue weighted by atomic mass is 32.1. The Morgan fingerprint density at radius 1 is 0.281 bits per heavy atom. The van der Waals surface area contributed by atoms with Gasteiger partial charge >= 0.3 is 0 Å². The van der Waals surface area contributed by atoms with Crippen LogP contribution in [0.15, 0.2) is 206 Å². The van der Waals surface area contributed by atoms with E-state index in [-0.39, 0.29) is 0 Å². The van der Waals surface area contributed by atoms with Crippen molar-refractivity contribution in [2.75, 3.05) is 0 Å². The van der Waals surface area contributed by atoms with Gasteiger partial charge in [-0.25, -0.2) is 0 Å². The molecular formula is C54H34N2S. The molecule has 0 bridgehead atoms. The number of benzene rings is 9. The molecule has 12 rings (SSSR count). The Morgan fingerprint density at radius 2 is 0.737 bits per heavy atom. The normalized spacial score (nSPS) is 11.9. The van der Waals surface area contributed by atoms with Crippen LogP contribution in [0.4, 0.5) is 0 Å². The first kappa shape index (κ1) is 32.1. The molecule has 0 saturated heterocycles. The van der Waals surface area contributed by atoms with E-state index in [0.717, 1.165) is 11.4 Å². The Morgan fingerprint density at radius 3 is 1.35 bits per heavy atom. The monoisotopic (exact) mass is 742 g/mol. The number of fused-ring (bicyclic) bond motifs is 9. The third-order valence-corrected chi connectivity index (χ3v) is 13.0. The lowest BCUT2D eigenvalue weighted by atomic mass is 10.0. The van der Waals surface area contributed by atoms with Gasteiger partial charge in [-0.15, -0.1) is 11.3 Å². The van der Waals surface area contributed by atoms with E-state index >= 15 is 0 Å². The Bertz CT molecular complexity index is 3490. The summed E-state index contributed by atoms with van der Waals surface area (Å²) in [7, 11) is 0. The highest BCUT2D eigenvalue weighted by Crippen LogP contribution is 2.42. The van der Waals surface area contributed by atoms with Gasteiger partial charge in [-0.2, -0.15) is 0 Å². The summed E-state index contributed by atoms with van der Waals surface area (Å²) >= 11 is 1.88. The van der Waals surface area contributed by atoms with Crippen molar-refractivity contribution in [2.24, 2.45) is 0 Å². The average Bonchev–Trinajstić information content (AvgIpc) is 3.94. The maximum absolute atomic E-state index is 2.41. The SMILES string of the molecule is c1ccc(-c2ccc(-n3c4ccccc4c4cc(-c5ccc6c(c5)c5ccccc5n6-c5ccc(-c6cccc7c6sc6ccccc67)cc5)ccc43)cc2)cc1. The third-order valence-electron chi connectivity index (χ3n) is 11.8. The quantitative estimate of drug-likeness (QED) is 0.166. The van der Waals surface area contributed by atoms with Gasteiger partial charge in [-0.3, -0.25) is 0 Å². The van der Waals surface area contributed by atoms with E-state index in [0.29, 0.717) is 0 Å². The van der Waals surface area contributed by atoms with Crippen LogP contribution in [0.2, 0.25) is 0 Å². The molecule has 0 radical (unpaired) electrons. The fourth-order valence-electron chi connectivity index (χ4n) is 9.06. The molecule has 0 aliphatic carbocycles. The zero-order valence-electron chi connectivity index (χ0n) is 30.9. The molecule has 3 heterocycles. The van der Waals surface area contributed by atoms with Crippen LogP contribution in [-0.4, -0.2) is 9.13 Å². The molecule has 12 aromatic rings. The Kier molecular flexibility index (Phi) is 7.13. The van der Waals surface area contributed by atoms with Crippen molar-refractivity contribution in [1.82, 2.24) is 9.13 Å². The summed E-state index contributed by atoms with van der Waals surface area (Å²) in [5.74, 6) is 0. The van der Waals surface area contributed by atoms with Crippen molar-refractivity contribution in [2.45, 2.75) is 0 Å². The highest BCUT2D eigenvalue weighted by Gasteiger charge is 2.17. The van der Waals surface area contributed by atoms with Gasteiger partial charge in [0.1, 0.15) is 0 Å². The van der Waals surface area contributed by atoms with Crippen molar-refractivity contribution in [3.63, 3.8) is 0 Å². The van der Waals surface area contributed by atoms with E-state index in [1.807, 2.05) is 11.3 Å². The van der Waals surface area contributed by atoms with Crippen molar-refractivity contribution >= 4 is 75.1 Å². The first-order valence-electron chi connectivity index (χ1n) is 19.5. The predicted octanol–water partition coefficient (Wildman–Crippen LogP) is 15.2. The second-order valence-corrected chi connectivity index (χ2v) is 16.0. The summed E-state index contributed by atoms with van der Waals surface area (Å²) in [5.41, 5.74) is 14.5. The van der Waals surface area contributed by atoms with Crippen molar-refractivity contribution < 1.29 is 0 Å². The molecule has 0 atom stereocenters. The van der Waals surface area contributed by atoms with Crippen LogP contribution in [0.25, 0.3) is 109 Å². The van der Waals surface area contributed by atoms with Gasteiger partial charge in [0.15, 0.2) is 0 Å². The number of hydrogen-bond donors (Lipinski definition) is 0. The molecule has 0 aliphatic rings. The lowest BCUT2D eigenvalue weighted by Gasteiger charge is -2.11. The molecule has 0 spiro atoms. The number of nitrogens with zero attached hydrogens (tertiary/aromatic N) is 2. The number of hydrogen-bond acceptors (Lipinski definition) is 1. The molecular weight excluding hydrogens is 709 g/mol. The van der Waals surface area contributed by atoms with E-state index in [1.54, 1.807) is 0 Å². The number of rotatable bonds is 5. The van der Waals surface area contributed by atoms with Crippen LogP contribution in [0.3, 0.4) is 0 Å². The minimum atomic E-state index is 1.16. The van der Waals surface area contributed by atoms with Crippen LogP contribution in [0.1, 0.15) is 0 Å². The van der Waals surface area contributed by atoms with Gasteiger partial charge in [0, 0.05) is 53.1 Å². The van der Waals surface area contributed by atoms with E-state index in [9.17, 15) is 0 Å². The lowest BCUT2D eigenvalue weighted by molar-refractivity contribution is 1.18. The predicted molar refractivity (Wildman–Crippen MR) is 244 cm³/mol. The van der Waals surface area contributed by atoms with Crippen molar-refractivity contribution in [3.8, 4) is 44.8 Å². The average molecular weight is 743 g/mol. The second kappa shape index (κ2) is 12.7. The summed E-state index contributed by atoms with van der Waals surface area (Å²) in [4.78, 5) is 0. The molecule has 3 heteroatoms. The van der Waals surface area contributed by atoms with E-state index in [1.165, 1.54) is 97.2 Å². The molecule has 57 heavy (non-hydrogen) atoms. The third kappa shape index (κ3) is 5.03. The molecule has 3 aromatic heterocycles. The molecule has 0 amide bonds. The molecule has 0 fully saturated rings. The number of thiophene rings is 1. The van der Waals surface area contributed by atoms with Crippen LogP contribution >= 0.6 is 11.3 Å². The van der Waals surface area contributed by atoms with Gasteiger partial charge in [0.05, 0.1) is 22.1 Å². The molecule has 2 nitrogen and oxygen atoms in total. The molecule has 9 aromatic carbocycles. The smallest absolute Gasteiger partial charge is 0.0541 e. The Hall–Kier alpha value is -7.20. The van der Waals surface area contributed by atoms with Crippen molar-refractivity contribution in [3.05, 3.63) is 206 Å². The van der Waals surface area contributed by atoms with E-state index in [4.69, 9.17) is 0 Å². The fraction of sp³-hybridized carbons (Fsp3) is 0. The summed E-state index contributed by atoms with van der Waals surface area (Å²) in [5, 5.41) is 7.68. The zero-order valence-corrected chi connectivity index (χ0v) is 31.7. The molecule has 266 valence electrons. The van der Waals surface area contributed by atoms with Gasteiger partial charge in [0.25, 0.3) is 0 Å². The van der Waals surface area contributed by atoms with Gasteiger partial charge in [-0.1, -0.05) is 140 Å². The lowest BCUT2D eigenvalue weighted by Crippen LogP contribution is -1.94. The van der Waals surface area contributed by atoms with Crippen LogP contribution in [-0.2, 0) is 0 Å². The largest absolute Gasteiger partial charge is 0.309 e. The van der Waals surface area contributed by atoms with Crippen LogP contribution in [0.5, 0.6) is 0 Å². The van der Waals surface area contributed by atoms with E-state index < -0.39 is 0 Å².